The lowest BCUT2D eigenvalue weighted by Crippen LogP contribution is -2.62. The van der Waals surface area contributed by atoms with Gasteiger partial charge in [-0.3, -0.25) is 0 Å². The Morgan fingerprint density at radius 3 is 1.46 bits per heavy atom. The minimum absolute atomic E-state index is 0.0670. The third-order valence-electron chi connectivity index (χ3n) is 3.72. The molecule has 0 fully saturated rings. The van der Waals surface area contributed by atoms with Gasteiger partial charge in [-0.2, -0.15) is 0 Å². The highest BCUT2D eigenvalue weighted by molar-refractivity contribution is 4.99. The van der Waals surface area contributed by atoms with Gasteiger partial charge in [0.25, 0.3) is 0 Å². The van der Waals surface area contributed by atoms with E-state index in [0.29, 0.717) is 11.8 Å². The lowest BCUT2D eigenvalue weighted by atomic mass is 9.70. The summed E-state index contributed by atoms with van der Waals surface area (Å²) in [7, 11) is 0. The fourth-order valence-electron chi connectivity index (χ4n) is 2.09. The first-order chi connectivity index (χ1) is 5.91. The van der Waals surface area contributed by atoms with Crippen LogP contribution in [0.1, 0.15) is 47.5 Å². The third-order valence-corrected chi connectivity index (χ3v) is 3.72. The Labute approximate surface area is 83.1 Å². The molecule has 0 heterocycles. The Bertz CT molecular complexity index is 133. The van der Waals surface area contributed by atoms with Crippen molar-refractivity contribution in [1.29, 1.82) is 0 Å². The van der Waals surface area contributed by atoms with Gasteiger partial charge in [0.05, 0.1) is 0 Å². The SMILES string of the molecule is CCC(C)C(N)(C(C)N)C(C)CC. The van der Waals surface area contributed by atoms with Crippen LogP contribution in [0.4, 0.5) is 0 Å². The fourth-order valence-corrected chi connectivity index (χ4v) is 2.09. The second-order valence-corrected chi connectivity index (χ2v) is 4.41. The van der Waals surface area contributed by atoms with E-state index in [1.165, 1.54) is 0 Å². The zero-order valence-corrected chi connectivity index (χ0v) is 9.80. The second kappa shape index (κ2) is 4.97. The lowest BCUT2D eigenvalue weighted by Gasteiger charge is -2.43. The van der Waals surface area contributed by atoms with Crippen LogP contribution in [-0.4, -0.2) is 11.6 Å². The molecule has 0 aromatic heterocycles. The van der Waals surface area contributed by atoms with Gasteiger partial charge in [-0.25, -0.2) is 0 Å². The van der Waals surface area contributed by atoms with Crippen molar-refractivity contribution in [3.63, 3.8) is 0 Å². The van der Waals surface area contributed by atoms with E-state index in [0.717, 1.165) is 12.8 Å². The highest BCUT2D eigenvalue weighted by atomic mass is 14.9. The van der Waals surface area contributed by atoms with Gasteiger partial charge in [0.15, 0.2) is 0 Å². The summed E-state index contributed by atoms with van der Waals surface area (Å²) in [5.41, 5.74) is 12.2. The average Bonchev–Trinajstić information content (AvgIpc) is 2.13. The van der Waals surface area contributed by atoms with Gasteiger partial charge in [-0.05, 0) is 18.8 Å². The van der Waals surface area contributed by atoms with E-state index in [4.69, 9.17) is 11.5 Å². The molecule has 0 saturated carbocycles. The van der Waals surface area contributed by atoms with Crippen LogP contribution in [-0.2, 0) is 0 Å². The van der Waals surface area contributed by atoms with Crippen LogP contribution in [0.15, 0.2) is 0 Å². The Hall–Kier alpha value is -0.0800. The van der Waals surface area contributed by atoms with E-state index in [-0.39, 0.29) is 11.6 Å². The van der Waals surface area contributed by atoms with E-state index >= 15 is 0 Å². The van der Waals surface area contributed by atoms with Crippen LogP contribution < -0.4 is 11.5 Å². The maximum absolute atomic E-state index is 6.42. The van der Waals surface area contributed by atoms with E-state index in [9.17, 15) is 0 Å². The van der Waals surface area contributed by atoms with Crippen LogP contribution in [0.3, 0.4) is 0 Å². The molecule has 0 saturated heterocycles. The molecule has 2 nitrogen and oxygen atoms in total. The molecule has 0 aromatic rings. The van der Waals surface area contributed by atoms with Gasteiger partial charge in [0.2, 0.25) is 0 Å². The monoisotopic (exact) mass is 186 g/mol. The van der Waals surface area contributed by atoms with Crippen molar-refractivity contribution in [1.82, 2.24) is 0 Å². The van der Waals surface area contributed by atoms with Crippen molar-refractivity contribution >= 4 is 0 Å². The molecule has 0 amide bonds. The molecule has 0 aliphatic heterocycles. The molecule has 0 rings (SSSR count). The first-order valence-electron chi connectivity index (χ1n) is 5.45. The van der Waals surface area contributed by atoms with Gasteiger partial charge in [-0.1, -0.05) is 40.5 Å². The second-order valence-electron chi connectivity index (χ2n) is 4.41. The molecule has 2 heteroatoms. The maximum Gasteiger partial charge on any atom is 0.0356 e. The van der Waals surface area contributed by atoms with Gasteiger partial charge in [0.1, 0.15) is 0 Å². The van der Waals surface area contributed by atoms with Crippen molar-refractivity contribution in [2.24, 2.45) is 23.3 Å². The highest BCUT2D eigenvalue weighted by Gasteiger charge is 2.38. The van der Waals surface area contributed by atoms with Crippen LogP contribution in [0.2, 0.25) is 0 Å². The number of nitrogens with two attached hydrogens (primary N) is 2. The van der Waals surface area contributed by atoms with Gasteiger partial charge >= 0.3 is 0 Å². The molecule has 0 spiro atoms. The summed E-state index contributed by atoms with van der Waals surface area (Å²) in [6.45, 7) is 10.8. The van der Waals surface area contributed by atoms with Crippen molar-refractivity contribution in [2.75, 3.05) is 0 Å². The summed E-state index contributed by atoms with van der Waals surface area (Å²) in [5.74, 6) is 0.977. The molecular formula is C11H26N2. The molecule has 0 aromatic carbocycles. The quantitative estimate of drug-likeness (QED) is 0.691. The number of hydrogen-bond donors (Lipinski definition) is 2. The van der Waals surface area contributed by atoms with E-state index in [2.05, 4.69) is 27.7 Å². The summed E-state index contributed by atoms with van der Waals surface area (Å²) in [5, 5.41) is 0. The van der Waals surface area contributed by atoms with Crippen LogP contribution in [0.25, 0.3) is 0 Å². The molecule has 0 aliphatic rings. The molecule has 4 N–H and O–H groups in total. The van der Waals surface area contributed by atoms with Crippen molar-refractivity contribution < 1.29 is 0 Å². The molecule has 0 aliphatic carbocycles. The van der Waals surface area contributed by atoms with Gasteiger partial charge in [-0.15, -0.1) is 0 Å². The topological polar surface area (TPSA) is 52.0 Å². The maximum atomic E-state index is 6.42. The fraction of sp³-hybridized carbons (Fsp3) is 1.00. The number of rotatable bonds is 5. The van der Waals surface area contributed by atoms with Crippen molar-refractivity contribution in [3.8, 4) is 0 Å². The summed E-state index contributed by atoms with van der Waals surface area (Å²) in [6, 6.07) is 0.0670. The summed E-state index contributed by atoms with van der Waals surface area (Å²) in [6.07, 6.45) is 2.20. The van der Waals surface area contributed by atoms with E-state index in [1.54, 1.807) is 0 Å². The highest BCUT2D eigenvalue weighted by Crippen LogP contribution is 2.30. The Kier molecular flexibility index (Phi) is 4.93. The summed E-state index contributed by atoms with van der Waals surface area (Å²) in [4.78, 5) is 0. The molecule has 3 unspecified atom stereocenters. The zero-order chi connectivity index (χ0) is 10.6. The Balaban J connectivity index is 4.71. The van der Waals surface area contributed by atoms with E-state index < -0.39 is 0 Å². The van der Waals surface area contributed by atoms with Crippen LogP contribution in [0, 0.1) is 11.8 Å². The predicted molar refractivity (Wildman–Crippen MR) is 59.5 cm³/mol. The molecule has 0 bridgehead atoms. The Morgan fingerprint density at radius 2 is 1.31 bits per heavy atom. The van der Waals surface area contributed by atoms with Crippen LogP contribution >= 0.6 is 0 Å². The normalized spacial score (nSPS) is 23.3. The lowest BCUT2D eigenvalue weighted by molar-refractivity contribution is 0.157. The smallest absolute Gasteiger partial charge is 0.0356 e. The predicted octanol–water partition coefficient (Wildman–Crippen LogP) is 2.12. The van der Waals surface area contributed by atoms with Gasteiger partial charge in [0, 0.05) is 11.6 Å². The first-order valence-corrected chi connectivity index (χ1v) is 5.45. The molecular weight excluding hydrogens is 160 g/mol. The van der Waals surface area contributed by atoms with Crippen molar-refractivity contribution in [2.45, 2.75) is 59.0 Å². The number of hydrogen-bond acceptors (Lipinski definition) is 2. The molecule has 13 heavy (non-hydrogen) atoms. The molecule has 80 valence electrons. The zero-order valence-electron chi connectivity index (χ0n) is 9.80. The average molecular weight is 186 g/mol. The first kappa shape index (κ1) is 12.9. The minimum atomic E-state index is -0.205. The largest absolute Gasteiger partial charge is 0.326 e. The van der Waals surface area contributed by atoms with Gasteiger partial charge < -0.3 is 11.5 Å². The summed E-state index contributed by atoms with van der Waals surface area (Å²) < 4.78 is 0. The standard InChI is InChI=1S/C11H26N2/c1-6-8(3)11(13,10(5)12)9(4)7-2/h8-10H,6-7,12-13H2,1-5H3. The molecule has 3 atom stereocenters. The van der Waals surface area contributed by atoms with E-state index in [1.807, 2.05) is 6.92 Å². The summed E-state index contributed by atoms with van der Waals surface area (Å²) >= 11 is 0. The third kappa shape index (κ3) is 2.44. The Morgan fingerprint density at radius 1 is 1.00 bits per heavy atom. The molecule has 0 radical (unpaired) electrons. The van der Waals surface area contributed by atoms with Crippen molar-refractivity contribution in [3.05, 3.63) is 0 Å². The van der Waals surface area contributed by atoms with Crippen LogP contribution in [0.5, 0.6) is 0 Å². The minimum Gasteiger partial charge on any atom is -0.326 e.